The third kappa shape index (κ3) is 4.17. The predicted molar refractivity (Wildman–Crippen MR) is 108 cm³/mol. The van der Waals surface area contributed by atoms with Crippen LogP contribution in [0.2, 0.25) is 0 Å². The van der Waals surface area contributed by atoms with Gasteiger partial charge in [-0.3, -0.25) is 4.98 Å². The molecule has 0 N–H and O–H groups in total. The first-order valence-electron chi connectivity index (χ1n) is 12.2. The lowest BCUT2D eigenvalue weighted by molar-refractivity contribution is 0.410. The van der Waals surface area contributed by atoms with Gasteiger partial charge in [0.1, 0.15) is 0 Å². The van der Waals surface area contributed by atoms with Crippen LogP contribution in [0.15, 0.2) is 60.8 Å². The zero-order chi connectivity index (χ0) is 24.8. The van der Waals surface area contributed by atoms with Crippen molar-refractivity contribution in [2.24, 2.45) is 5.41 Å². The molecule has 3 rings (SSSR count). The number of hydrogen-bond donors (Lipinski definition) is 0. The first-order chi connectivity index (χ1) is 15.0. The second kappa shape index (κ2) is 6.84. The van der Waals surface area contributed by atoms with Crippen LogP contribution in [-0.2, 0) is 6.37 Å². The molecule has 25 heavy (non-hydrogen) atoms. The van der Waals surface area contributed by atoms with Crippen LogP contribution >= 0.6 is 0 Å². The summed E-state index contributed by atoms with van der Waals surface area (Å²) < 4.78 is 64.8. The molecule has 0 radical (unpaired) electrons. The van der Waals surface area contributed by atoms with Gasteiger partial charge in [-0.25, -0.2) is 0 Å². The highest BCUT2D eigenvalue weighted by Crippen LogP contribution is 2.30. The number of aromatic nitrogens is 1. The van der Waals surface area contributed by atoms with Crippen LogP contribution in [0.5, 0.6) is 0 Å². The van der Waals surface area contributed by atoms with E-state index in [1.54, 1.807) is 32.9 Å². The smallest absolute Gasteiger partial charge is 0.0705 e. The van der Waals surface area contributed by atoms with Gasteiger partial charge in [-0.05, 0) is 65.4 Å². The number of benzene rings is 2. The van der Waals surface area contributed by atoms with E-state index in [0.717, 1.165) is 5.56 Å². The van der Waals surface area contributed by atoms with E-state index in [9.17, 15) is 0 Å². The molecule has 0 unspecified atom stereocenters. The van der Waals surface area contributed by atoms with Gasteiger partial charge in [-0.1, -0.05) is 63.2 Å². The van der Waals surface area contributed by atoms with E-state index in [1.165, 1.54) is 18.3 Å². The van der Waals surface area contributed by atoms with Crippen molar-refractivity contribution in [2.75, 3.05) is 0 Å². The van der Waals surface area contributed by atoms with E-state index in [-0.39, 0.29) is 16.7 Å². The maximum Gasteiger partial charge on any atom is 0.0705 e. The first-order valence-corrected chi connectivity index (χ1v) is 8.25. The topological polar surface area (TPSA) is 12.9 Å². The fraction of sp³-hybridized carbons (Fsp3) is 0.292. The van der Waals surface area contributed by atoms with Crippen molar-refractivity contribution in [1.29, 1.82) is 0 Å². The maximum absolute atomic E-state index is 8.71. The van der Waals surface area contributed by atoms with Gasteiger partial charge in [0.05, 0.1) is 5.69 Å². The van der Waals surface area contributed by atoms with Crippen LogP contribution in [0.1, 0.15) is 48.4 Å². The Kier molecular flexibility index (Phi) is 2.71. The van der Waals surface area contributed by atoms with Crippen molar-refractivity contribution in [2.45, 2.75) is 40.8 Å². The van der Waals surface area contributed by atoms with E-state index in [0.29, 0.717) is 16.8 Å². The van der Waals surface area contributed by atoms with Gasteiger partial charge in [0.2, 0.25) is 0 Å². The Hall–Kier alpha value is -2.41. The number of pyridine rings is 1. The van der Waals surface area contributed by atoms with Crippen molar-refractivity contribution >= 4 is 0 Å². The van der Waals surface area contributed by atoms with E-state index in [2.05, 4.69) is 4.98 Å². The second-order valence-electron chi connectivity index (χ2n) is 7.12. The summed E-state index contributed by atoms with van der Waals surface area (Å²) in [7, 11) is 0. The van der Waals surface area contributed by atoms with Crippen molar-refractivity contribution in [1.82, 2.24) is 4.98 Å². The Morgan fingerprint density at radius 1 is 0.920 bits per heavy atom. The molecule has 1 nitrogen and oxygen atoms in total. The van der Waals surface area contributed by atoms with Crippen LogP contribution in [0, 0.1) is 19.1 Å². The SMILES string of the molecule is [2H]C([2H])([2H])c1ccc(-c2cc(C([2H])([2H])C(C)(C)C)c(C([2H])([2H])[2H])cn2)cc1-c1ccccc1. The summed E-state index contributed by atoms with van der Waals surface area (Å²) in [6.07, 6.45) is -0.740. The number of aryl methyl sites for hydroxylation is 2. The van der Waals surface area contributed by atoms with Crippen LogP contribution in [0.25, 0.3) is 22.4 Å². The van der Waals surface area contributed by atoms with Gasteiger partial charge in [-0.15, -0.1) is 0 Å². The monoisotopic (exact) mass is 337 g/mol. The van der Waals surface area contributed by atoms with Gasteiger partial charge < -0.3 is 0 Å². The van der Waals surface area contributed by atoms with E-state index in [4.69, 9.17) is 11.0 Å². The highest BCUT2D eigenvalue weighted by atomic mass is 14.7. The number of nitrogens with zero attached hydrogens (tertiary/aromatic N) is 1. The molecule has 1 heterocycles. The maximum atomic E-state index is 8.71. The largest absolute Gasteiger partial charge is 0.256 e. The van der Waals surface area contributed by atoms with Crippen molar-refractivity contribution in [3.05, 3.63) is 77.5 Å². The summed E-state index contributed by atoms with van der Waals surface area (Å²) in [4.78, 5) is 4.33. The summed E-state index contributed by atoms with van der Waals surface area (Å²) >= 11 is 0. The molecule has 3 aromatic rings. The fourth-order valence-corrected chi connectivity index (χ4v) is 2.68. The lowest BCUT2D eigenvalue weighted by Gasteiger charge is -2.20. The zero-order valence-corrected chi connectivity index (χ0v) is 14.7. The molecule has 1 heteroatoms. The molecule has 0 spiro atoms. The Labute approximate surface area is 163 Å². The highest BCUT2D eigenvalue weighted by Gasteiger charge is 2.14. The Balaban J connectivity index is 2.27. The van der Waals surface area contributed by atoms with Gasteiger partial charge in [0, 0.05) is 22.7 Å². The summed E-state index contributed by atoms with van der Waals surface area (Å²) in [5.74, 6) is 0. The molecule has 0 saturated carbocycles. The zero-order valence-electron chi connectivity index (χ0n) is 22.7. The molecule has 0 aliphatic carbocycles. The highest BCUT2D eigenvalue weighted by molar-refractivity contribution is 5.74. The fourth-order valence-electron chi connectivity index (χ4n) is 2.68. The summed E-state index contributed by atoms with van der Waals surface area (Å²) in [5, 5.41) is 0. The third-order valence-electron chi connectivity index (χ3n) is 3.81. The van der Waals surface area contributed by atoms with Crippen molar-refractivity contribution in [3.8, 4) is 22.4 Å². The van der Waals surface area contributed by atoms with E-state index < -0.39 is 25.5 Å². The molecule has 128 valence electrons. The summed E-state index contributed by atoms with van der Waals surface area (Å²) in [6.45, 7) is 0.302. The molecule has 0 aliphatic rings. The van der Waals surface area contributed by atoms with E-state index >= 15 is 0 Å². The molecule has 0 amide bonds. The summed E-state index contributed by atoms with van der Waals surface area (Å²) in [6, 6.07) is 15.5. The Morgan fingerprint density at radius 2 is 1.68 bits per heavy atom. The minimum Gasteiger partial charge on any atom is -0.256 e. The van der Waals surface area contributed by atoms with Gasteiger partial charge in [0.15, 0.2) is 0 Å². The van der Waals surface area contributed by atoms with Crippen LogP contribution in [-0.4, -0.2) is 4.98 Å². The molecule has 0 fully saturated rings. The van der Waals surface area contributed by atoms with Crippen LogP contribution in [0.4, 0.5) is 0 Å². The molecule has 2 aromatic carbocycles. The predicted octanol–water partition coefficient (Wildman–Crippen LogP) is 6.62. The third-order valence-corrected chi connectivity index (χ3v) is 3.81. The molecule has 1 aromatic heterocycles. The molecule has 0 atom stereocenters. The molecule has 0 aliphatic heterocycles. The lowest BCUT2D eigenvalue weighted by atomic mass is 9.86. The standard InChI is InChI=1S/C24H27N/c1-17-11-12-20(13-22(17)19-9-7-6-8-10-19)23-14-21(15-24(3,4)5)18(2)16-25-23/h6-14,16H,15H2,1-5H3/i1D3,2D3,15D2. The normalized spacial score (nSPS) is 17.9. The minimum absolute atomic E-state index is 0.0566. The average Bonchev–Trinajstić information content (AvgIpc) is 2.71. The summed E-state index contributed by atoms with van der Waals surface area (Å²) in [5.41, 5.74) is 1.46. The molecular weight excluding hydrogens is 302 g/mol. The number of hydrogen-bond acceptors (Lipinski definition) is 1. The lowest BCUT2D eigenvalue weighted by Crippen LogP contribution is -2.10. The molecular formula is C24H27N. The van der Waals surface area contributed by atoms with Gasteiger partial charge >= 0.3 is 0 Å². The quantitative estimate of drug-likeness (QED) is 0.523. The van der Waals surface area contributed by atoms with Gasteiger partial charge in [-0.2, -0.15) is 0 Å². The number of rotatable bonds is 3. The Bertz CT molecular complexity index is 1140. The first kappa shape index (κ1) is 9.91. The average molecular weight is 338 g/mol. The second-order valence-corrected chi connectivity index (χ2v) is 7.12. The minimum atomic E-state index is -2.53. The van der Waals surface area contributed by atoms with Crippen molar-refractivity contribution in [3.63, 3.8) is 0 Å². The van der Waals surface area contributed by atoms with Crippen LogP contribution in [0.3, 0.4) is 0 Å². The van der Waals surface area contributed by atoms with Gasteiger partial charge in [0.25, 0.3) is 0 Å². The van der Waals surface area contributed by atoms with E-state index in [1.807, 2.05) is 30.3 Å². The molecule has 0 bridgehead atoms. The Morgan fingerprint density at radius 3 is 2.36 bits per heavy atom. The van der Waals surface area contributed by atoms with Crippen LogP contribution < -0.4 is 0 Å². The molecule has 0 saturated heterocycles. The van der Waals surface area contributed by atoms with Crippen molar-refractivity contribution < 1.29 is 11.0 Å².